The summed E-state index contributed by atoms with van der Waals surface area (Å²) in [5, 5.41) is 10.8. The van der Waals surface area contributed by atoms with Crippen molar-refractivity contribution in [2.24, 2.45) is 0 Å². The Hall–Kier alpha value is -2.76. The fourth-order valence-electron chi connectivity index (χ4n) is 2.23. The number of carbonyl (C=O) groups excluding carboxylic acids is 1. The van der Waals surface area contributed by atoms with Crippen LogP contribution < -0.4 is 4.90 Å². The van der Waals surface area contributed by atoms with Gasteiger partial charge >= 0.3 is 0 Å². The molecule has 0 unspecified atom stereocenters. The van der Waals surface area contributed by atoms with Crippen LogP contribution in [0.3, 0.4) is 0 Å². The lowest BCUT2D eigenvalue weighted by atomic mass is 10.1. The SMILES string of the molecule is Cc1cc(C)cc(N(C)C(=O)c2cc([N+](=O)[O-])ccc2F)c1. The molecule has 2 aromatic rings. The van der Waals surface area contributed by atoms with Crippen LogP contribution in [0.15, 0.2) is 36.4 Å². The molecule has 0 saturated heterocycles. The van der Waals surface area contributed by atoms with Gasteiger partial charge in [0.1, 0.15) is 5.82 Å². The number of hydrogen-bond donors (Lipinski definition) is 0. The van der Waals surface area contributed by atoms with Crippen molar-refractivity contribution < 1.29 is 14.1 Å². The molecule has 22 heavy (non-hydrogen) atoms. The van der Waals surface area contributed by atoms with Crippen molar-refractivity contribution in [1.82, 2.24) is 0 Å². The second kappa shape index (κ2) is 5.93. The Balaban J connectivity index is 2.42. The average molecular weight is 302 g/mol. The smallest absolute Gasteiger partial charge is 0.270 e. The van der Waals surface area contributed by atoms with Crippen LogP contribution in [0.2, 0.25) is 0 Å². The van der Waals surface area contributed by atoms with Crippen molar-refractivity contribution in [3.8, 4) is 0 Å². The molecule has 0 radical (unpaired) electrons. The quantitative estimate of drug-likeness (QED) is 0.642. The molecule has 2 rings (SSSR count). The van der Waals surface area contributed by atoms with Gasteiger partial charge in [-0.3, -0.25) is 14.9 Å². The molecule has 6 heteroatoms. The summed E-state index contributed by atoms with van der Waals surface area (Å²) in [5.74, 6) is -1.42. The minimum absolute atomic E-state index is 0.321. The van der Waals surface area contributed by atoms with Gasteiger partial charge in [-0.25, -0.2) is 4.39 Å². The van der Waals surface area contributed by atoms with Gasteiger partial charge in [0.05, 0.1) is 10.5 Å². The van der Waals surface area contributed by atoms with E-state index in [0.717, 1.165) is 29.3 Å². The molecule has 1 amide bonds. The molecule has 0 fully saturated rings. The molecule has 5 nitrogen and oxygen atoms in total. The highest BCUT2D eigenvalue weighted by Gasteiger charge is 2.21. The highest BCUT2D eigenvalue weighted by molar-refractivity contribution is 6.06. The maximum Gasteiger partial charge on any atom is 0.270 e. The Morgan fingerprint density at radius 2 is 1.73 bits per heavy atom. The molecule has 0 aliphatic carbocycles. The first kappa shape index (κ1) is 15.6. The van der Waals surface area contributed by atoms with Crippen molar-refractivity contribution in [3.63, 3.8) is 0 Å². The number of nitrogens with zero attached hydrogens (tertiary/aromatic N) is 2. The molecule has 0 aliphatic heterocycles. The van der Waals surface area contributed by atoms with Crippen LogP contribution >= 0.6 is 0 Å². The van der Waals surface area contributed by atoms with Gasteiger partial charge in [-0.05, 0) is 43.2 Å². The van der Waals surface area contributed by atoms with Crippen LogP contribution in [0.25, 0.3) is 0 Å². The highest BCUT2D eigenvalue weighted by Crippen LogP contribution is 2.23. The van der Waals surface area contributed by atoms with Crippen LogP contribution in [0.4, 0.5) is 15.8 Å². The number of nitro benzene ring substituents is 1. The van der Waals surface area contributed by atoms with Gasteiger partial charge in [0.15, 0.2) is 0 Å². The summed E-state index contributed by atoms with van der Waals surface area (Å²) in [6, 6.07) is 8.45. The summed E-state index contributed by atoms with van der Waals surface area (Å²) in [6.45, 7) is 3.78. The van der Waals surface area contributed by atoms with Crippen molar-refractivity contribution in [3.05, 3.63) is 69.0 Å². The molecule has 0 heterocycles. The fraction of sp³-hybridized carbons (Fsp3) is 0.188. The first-order valence-electron chi connectivity index (χ1n) is 6.60. The Morgan fingerprint density at radius 1 is 1.14 bits per heavy atom. The van der Waals surface area contributed by atoms with Gasteiger partial charge in [-0.2, -0.15) is 0 Å². The normalized spacial score (nSPS) is 10.4. The summed E-state index contributed by atoms with van der Waals surface area (Å²) in [4.78, 5) is 23.8. The van der Waals surface area contributed by atoms with Gasteiger partial charge < -0.3 is 4.90 Å². The third-order valence-corrected chi connectivity index (χ3v) is 3.29. The minimum Gasteiger partial charge on any atom is -0.311 e. The zero-order valence-electron chi connectivity index (χ0n) is 12.5. The molecule has 0 N–H and O–H groups in total. The van der Waals surface area contributed by atoms with Crippen molar-refractivity contribution in [2.45, 2.75) is 13.8 Å². The number of carbonyl (C=O) groups is 1. The van der Waals surface area contributed by atoms with Gasteiger partial charge in [-0.1, -0.05) is 6.07 Å². The molecule has 2 aromatic carbocycles. The van der Waals surface area contributed by atoms with E-state index in [4.69, 9.17) is 0 Å². The highest BCUT2D eigenvalue weighted by atomic mass is 19.1. The first-order valence-corrected chi connectivity index (χ1v) is 6.60. The third-order valence-electron chi connectivity index (χ3n) is 3.29. The maximum absolute atomic E-state index is 13.8. The summed E-state index contributed by atoms with van der Waals surface area (Å²) >= 11 is 0. The number of hydrogen-bond acceptors (Lipinski definition) is 3. The zero-order chi connectivity index (χ0) is 16.4. The van der Waals surface area contributed by atoms with Crippen LogP contribution in [-0.4, -0.2) is 17.9 Å². The van der Waals surface area contributed by atoms with Crippen molar-refractivity contribution in [2.75, 3.05) is 11.9 Å². The minimum atomic E-state index is -0.785. The topological polar surface area (TPSA) is 63.5 Å². The Labute approximate surface area is 127 Å². The van der Waals surface area contributed by atoms with Crippen molar-refractivity contribution >= 4 is 17.3 Å². The molecule has 0 aromatic heterocycles. The van der Waals surface area contributed by atoms with E-state index >= 15 is 0 Å². The fourth-order valence-corrected chi connectivity index (χ4v) is 2.23. The molecular weight excluding hydrogens is 287 g/mol. The molecule has 0 spiro atoms. The number of halogens is 1. The number of anilines is 1. The number of benzene rings is 2. The van der Waals surface area contributed by atoms with E-state index in [9.17, 15) is 19.3 Å². The lowest BCUT2D eigenvalue weighted by molar-refractivity contribution is -0.384. The largest absolute Gasteiger partial charge is 0.311 e. The maximum atomic E-state index is 13.8. The first-order chi connectivity index (χ1) is 10.3. The van der Waals surface area contributed by atoms with Crippen LogP contribution in [0.1, 0.15) is 21.5 Å². The number of nitro groups is 1. The van der Waals surface area contributed by atoms with Crippen LogP contribution in [0, 0.1) is 29.8 Å². The number of rotatable bonds is 3. The van der Waals surface area contributed by atoms with Crippen LogP contribution in [0.5, 0.6) is 0 Å². The summed E-state index contributed by atoms with van der Waals surface area (Å²) < 4.78 is 13.8. The molecule has 0 saturated carbocycles. The van der Waals surface area contributed by atoms with Gasteiger partial charge in [0.2, 0.25) is 0 Å². The summed E-state index contributed by atoms with van der Waals surface area (Å²) in [5.41, 5.74) is 1.89. The monoisotopic (exact) mass is 302 g/mol. The van der Waals surface area contributed by atoms with Gasteiger partial charge in [0.25, 0.3) is 11.6 Å². The standard InChI is InChI=1S/C16H15FN2O3/c1-10-6-11(2)8-13(7-10)18(3)16(20)14-9-12(19(21)22)4-5-15(14)17/h4-9H,1-3H3. The lowest BCUT2D eigenvalue weighted by Crippen LogP contribution is -2.27. The van der Waals surface area contributed by atoms with Gasteiger partial charge in [0, 0.05) is 24.9 Å². The molecule has 114 valence electrons. The summed E-state index contributed by atoms with van der Waals surface area (Å²) in [6.07, 6.45) is 0. The number of amides is 1. The molecule has 0 bridgehead atoms. The van der Waals surface area contributed by atoms with Crippen LogP contribution in [-0.2, 0) is 0 Å². The molecule has 0 aliphatic rings. The predicted octanol–water partition coefficient (Wildman–Crippen LogP) is 3.63. The lowest BCUT2D eigenvalue weighted by Gasteiger charge is -2.19. The second-order valence-corrected chi connectivity index (χ2v) is 5.13. The van der Waals surface area contributed by atoms with E-state index in [1.165, 1.54) is 11.9 Å². The van der Waals surface area contributed by atoms with Crippen molar-refractivity contribution in [1.29, 1.82) is 0 Å². The number of non-ortho nitro benzene ring substituents is 1. The molecule has 0 atom stereocenters. The van der Waals surface area contributed by atoms with E-state index in [2.05, 4.69) is 0 Å². The summed E-state index contributed by atoms with van der Waals surface area (Å²) in [7, 11) is 1.51. The van der Waals surface area contributed by atoms with E-state index in [1.54, 1.807) is 12.1 Å². The zero-order valence-corrected chi connectivity index (χ0v) is 12.5. The van der Waals surface area contributed by atoms with E-state index < -0.39 is 16.6 Å². The third kappa shape index (κ3) is 3.11. The van der Waals surface area contributed by atoms with Gasteiger partial charge in [-0.15, -0.1) is 0 Å². The Bertz CT molecular complexity index is 739. The molecular formula is C16H15FN2O3. The van der Waals surface area contributed by atoms with E-state index in [0.29, 0.717) is 5.69 Å². The Morgan fingerprint density at radius 3 is 2.27 bits per heavy atom. The second-order valence-electron chi connectivity index (χ2n) is 5.13. The number of aryl methyl sites for hydroxylation is 2. The Kier molecular flexibility index (Phi) is 4.21. The van der Waals surface area contributed by atoms with E-state index in [1.807, 2.05) is 19.9 Å². The van der Waals surface area contributed by atoms with E-state index in [-0.39, 0.29) is 11.3 Å². The predicted molar refractivity (Wildman–Crippen MR) is 81.7 cm³/mol. The average Bonchev–Trinajstić information content (AvgIpc) is 2.45.